The molecule has 0 saturated carbocycles. The zero-order chi connectivity index (χ0) is 6.69. The second-order valence-electron chi connectivity index (χ2n) is 2.08. The van der Waals surface area contributed by atoms with E-state index in [2.05, 4.69) is 6.92 Å². The lowest BCUT2D eigenvalue weighted by atomic mass is 9.51. The van der Waals surface area contributed by atoms with Crippen molar-refractivity contribution in [1.82, 2.24) is 0 Å². The lowest BCUT2D eigenvalue weighted by molar-refractivity contribution is 1.49. The van der Waals surface area contributed by atoms with Crippen molar-refractivity contribution in [2.75, 3.05) is 0 Å². The standard InChI is InChI=1S/C7H7B2/c1-6-2-4-7(9-8)5-3-6/h2-5H,1H3. The zero-order valence-corrected chi connectivity index (χ0v) is 5.46. The highest BCUT2D eigenvalue weighted by atomic mass is 13.8. The van der Waals surface area contributed by atoms with Gasteiger partial charge in [0.15, 0.2) is 0 Å². The maximum atomic E-state index is 5.27. The molecule has 0 spiro atoms. The zero-order valence-electron chi connectivity index (χ0n) is 5.46. The van der Waals surface area contributed by atoms with Crippen LogP contribution < -0.4 is 5.46 Å². The highest BCUT2D eigenvalue weighted by Crippen LogP contribution is 1.90. The van der Waals surface area contributed by atoms with Gasteiger partial charge in [-0.2, -0.15) is 0 Å². The first-order valence-corrected chi connectivity index (χ1v) is 2.94. The summed E-state index contributed by atoms with van der Waals surface area (Å²) in [7, 11) is 6.87. The smallest absolute Gasteiger partial charge is 0.0956 e. The molecular formula is C7H7B2. The number of hydrogen-bond donors (Lipinski definition) is 0. The van der Waals surface area contributed by atoms with Gasteiger partial charge in [0.1, 0.15) is 0 Å². The maximum Gasteiger partial charge on any atom is 0.0956 e. The third-order valence-electron chi connectivity index (χ3n) is 1.27. The van der Waals surface area contributed by atoms with Crippen molar-refractivity contribution in [3.8, 4) is 0 Å². The Bertz CT molecular complexity index is 179. The predicted molar refractivity (Wildman–Crippen MR) is 42.3 cm³/mol. The Hall–Kier alpha value is -0.650. The molecule has 41 valence electrons. The molecule has 3 radical (unpaired) electrons. The van der Waals surface area contributed by atoms with Crippen molar-refractivity contribution in [2.45, 2.75) is 6.92 Å². The van der Waals surface area contributed by atoms with Crippen LogP contribution in [0.3, 0.4) is 0 Å². The lowest BCUT2D eigenvalue weighted by Gasteiger charge is -1.94. The van der Waals surface area contributed by atoms with Crippen molar-refractivity contribution in [1.29, 1.82) is 0 Å². The van der Waals surface area contributed by atoms with Gasteiger partial charge in [-0.15, -0.1) is 0 Å². The van der Waals surface area contributed by atoms with Crippen LogP contribution in [0.15, 0.2) is 24.3 Å². The van der Waals surface area contributed by atoms with Crippen LogP contribution in [0, 0.1) is 6.92 Å². The summed E-state index contributed by atoms with van der Waals surface area (Å²) in [5.41, 5.74) is 2.33. The molecule has 0 nitrogen and oxygen atoms in total. The van der Waals surface area contributed by atoms with Crippen molar-refractivity contribution in [2.24, 2.45) is 0 Å². The van der Waals surface area contributed by atoms with Gasteiger partial charge in [0.25, 0.3) is 0 Å². The van der Waals surface area contributed by atoms with Gasteiger partial charge in [-0.05, 0) is 6.92 Å². The molecule has 0 N–H and O–H groups in total. The maximum absolute atomic E-state index is 5.27. The van der Waals surface area contributed by atoms with E-state index in [1.54, 1.807) is 7.17 Å². The number of rotatable bonds is 1. The summed E-state index contributed by atoms with van der Waals surface area (Å²) in [4.78, 5) is 0. The molecule has 1 aromatic rings. The van der Waals surface area contributed by atoms with E-state index in [9.17, 15) is 0 Å². The molecule has 0 aliphatic heterocycles. The SMILES string of the molecule is [B][B]c1ccc(C)cc1. The van der Waals surface area contributed by atoms with Crippen LogP contribution in [-0.4, -0.2) is 14.9 Å². The third kappa shape index (κ3) is 1.63. The van der Waals surface area contributed by atoms with Gasteiger partial charge in [-0.25, -0.2) is 0 Å². The molecule has 0 atom stereocenters. The average Bonchev–Trinajstić information content (AvgIpc) is 1.90. The normalized spacial score (nSPS) is 9.00. The molecule has 0 bridgehead atoms. The Morgan fingerprint density at radius 2 is 1.78 bits per heavy atom. The van der Waals surface area contributed by atoms with Gasteiger partial charge in [0.05, 0.1) is 7.17 Å². The summed E-state index contributed by atoms with van der Waals surface area (Å²) in [5.74, 6) is 0. The minimum absolute atomic E-state index is 1.07. The van der Waals surface area contributed by atoms with E-state index in [-0.39, 0.29) is 0 Å². The monoisotopic (exact) mass is 113 g/mol. The second-order valence-corrected chi connectivity index (χ2v) is 2.08. The van der Waals surface area contributed by atoms with Gasteiger partial charge in [0.2, 0.25) is 0 Å². The van der Waals surface area contributed by atoms with Gasteiger partial charge < -0.3 is 0 Å². The van der Waals surface area contributed by atoms with Crippen LogP contribution in [0.1, 0.15) is 5.56 Å². The molecule has 0 aliphatic carbocycles. The predicted octanol–water partition coefficient (Wildman–Crippen LogP) is 0.408. The van der Waals surface area contributed by atoms with Gasteiger partial charge in [-0.1, -0.05) is 35.3 Å². The summed E-state index contributed by atoms with van der Waals surface area (Å²) in [6, 6.07) is 8.07. The summed E-state index contributed by atoms with van der Waals surface area (Å²) in [5, 5.41) is 0. The average molecular weight is 113 g/mol. The second kappa shape index (κ2) is 2.77. The molecule has 9 heavy (non-hydrogen) atoms. The van der Waals surface area contributed by atoms with Crippen molar-refractivity contribution in [3.05, 3.63) is 29.8 Å². The molecule has 0 fully saturated rings. The Morgan fingerprint density at radius 1 is 1.22 bits per heavy atom. The number of hydrogen-bond acceptors (Lipinski definition) is 0. The summed E-state index contributed by atoms with van der Waals surface area (Å²) >= 11 is 0. The van der Waals surface area contributed by atoms with Gasteiger partial charge in [0, 0.05) is 7.74 Å². The third-order valence-corrected chi connectivity index (χ3v) is 1.27. The van der Waals surface area contributed by atoms with Crippen LogP contribution in [0.5, 0.6) is 0 Å². The van der Waals surface area contributed by atoms with Crippen LogP contribution in [0.25, 0.3) is 0 Å². The van der Waals surface area contributed by atoms with Crippen molar-refractivity contribution < 1.29 is 0 Å². The summed E-state index contributed by atoms with van der Waals surface area (Å²) in [6.07, 6.45) is 0. The quantitative estimate of drug-likeness (QED) is 0.462. The van der Waals surface area contributed by atoms with E-state index in [0.29, 0.717) is 0 Å². The fourth-order valence-electron chi connectivity index (χ4n) is 0.678. The Kier molecular flexibility index (Phi) is 1.99. The Balaban J connectivity index is 2.88. The molecule has 1 rings (SSSR count). The minimum Gasteiger partial charge on any atom is -0.0980 e. The number of benzene rings is 1. The Morgan fingerprint density at radius 3 is 2.22 bits per heavy atom. The summed E-state index contributed by atoms with van der Waals surface area (Å²) in [6.45, 7) is 2.06. The van der Waals surface area contributed by atoms with Crippen LogP contribution in [-0.2, 0) is 0 Å². The first-order valence-electron chi connectivity index (χ1n) is 2.94. The van der Waals surface area contributed by atoms with E-state index >= 15 is 0 Å². The minimum atomic E-state index is 1.07. The van der Waals surface area contributed by atoms with Crippen molar-refractivity contribution >= 4 is 20.4 Å². The van der Waals surface area contributed by atoms with E-state index in [0.717, 1.165) is 5.46 Å². The van der Waals surface area contributed by atoms with E-state index < -0.39 is 0 Å². The molecule has 2 heteroatoms. The van der Waals surface area contributed by atoms with E-state index in [4.69, 9.17) is 7.74 Å². The molecular weight excluding hydrogens is 106 g/mol. The van der Waals surface area contributed by atoms with E-state index in [1.165, 1.54) is 5.56 Å². The molecule has 0 unspecified atom stereocenters. The van der Waals surface area contributed by atoms with Gasteiger partial charge >= 0.3 is 0 Å². The summed E-state index contributed by atoms with van der Waals surface area (Å²) < 4.78 is 0. The fourth-order valence-corrected chi connectivity index (χ4v) is 0.678. The topological polar surface area (TPSA) is 0 Å². The Labute approximate surface area is 57.9 Å². The number of aryl methyl sites for hydroxylation is 1. The van der Waals surface area contributed by atoms with Crippen molar-refractivity contribution in [3.63, 3.8) is 0 Å². The largest absolute Gasteiger partial charge is 0.0980 e. The van der Waals surface area contributed by atoms with Crippen LogP contribution in [0.4, 0.5) is 0 Å². The highest BCUT2D eigenvalue weighted by molar-refractivity contribution is 6.97. The molecule has 0 heterocycles. The van der Waals surface area contributed by atoms with Crippen LogP contribution >= 0.6 is 0 Å². The van der Waals surface area contributed by atoms with Crippen LogP contribution in [0.2, 0.25) is 0 Å². The molecule has 0 saturated heterocycles. The molecule has 1 aromatic carbocycles. The highest BCUT2D eigenvalue weighted by Gasteiger charge is 1.85. The molecule has 0 aliphatic rings. The lowest BCUT2D eigenvalue weighted by Crippen LogP contribution is -2.12. The van der Waals surface area contributed by atoms with E-state index in [1.807, 2.05) is 24.3 Å². The van der Waals surface area contributed by atoms with Gasteiger partial charge in [-0.3, -0.25) is 0 Å². The molecule has 0 amide bonds. The molecule has 0 aromatic heterocycles. The fraction of sp³-hybridized carbons (Fsp3) is 0.143. The first kappa shape index (κ1) is 6.47. The first-order chi connectivity index (χ1) is 4.33.